The fourth-order valence-electron chi connectivity index (χ4n) is 5.01. The van der Waals surface area contributed by atoms with E-state index in [0.29, 0.717) is 36.9 Å². The van der Waals surface area contributed by atoms with E-state index < -0.39 is 47.8 Å². The van der Waals surface area contributed by atoms with Gasteiger partial charge in [0.1, 0.15) is 23.9 Å². The van der Waals surface area contributed by atoms with Crippen LogP contribution in [0.5, 0.6) is 5.75 Å². The molecule has 0 saturated heterocycles. The van der Waals surface area contributed by atoms with Crippen LogP contribution >= 0.6 is 0 Å². The van der Waals surface area contributed by atoms with E-state index in [1.54, 1.807) is 26.0 Å². The molecule has 0 heterocycles. The minimum Gasteiger partial charge on any atom is -0.508 e. The lowest BCUT2D eigenvalue weighted by Gasteiger charge is -2.26. The van der Waals surface area contributed by atoms with Gasteiger partial charge in [-0.1, -0.05) is 30.3 Å². The van der Waals surface area contributed by atoms with Crippen LogP contribution in [0.15, 0.2) is 47.5 Å². The Kier molecular flexibility index (Phi) is 15.5. The number of aromatic hydroxyl groups is 1. The van der Waals surface area contributed by atoms with Gasteiger partial charge in [0.25, 0.3) is 0 Å². The molecule has 14 nitrogen and oxygen atoms in total. The maximum absolute atomic E-state index is 13.8. The maximum Gasteiger partial charge on any atom is 0.243 e. The molecule has 2 rings (SSSR count). The largest absolute Gasteiger partial charge is 0.508 e. The number of carbonyl (C=O) groups is 4. The second-order valence-electron chi connectivity index (χ2n) is 11.4. The monoisotopic (exact) mass is 639 g/mol. The van der Waals surface area contributed by atoms with Gasteiger partial charge < -0.3 is 49.7 Å². The predicted molar refractivity (Wildman–Crippen MR) is 177 cm³/mol. The first kappa shape index (κ1) is 37.5. The number of phenolic OH excluding ortho intramolecular Hbond substituents is 1. The number of rotatable bonds is 19. The van der Waals surface area contributed by atoms with Crippen molar-refractivity contribution in [1.29, 1.82) is 0 Å². The first-order chi connectivity index (χ1) is 21.8. The highest BCUT2D eigenvalue weighted by Gasteiger charge is 2.30. The Bertz CT molecular complexity index is 1330. The van der Waals surface area contributed by atoms with Crippen LogP contribution < -0.4 is 44.6 Å². The summed E-state index contributed by atoms with van der Waals surface area (Å²) in [4.78, 5) is 56.6. The van der Waals surface area contributed by atoms with Gasteiger partial charge in [-0.25, -0.2) is 0 Å². The number of nitrogens with two attached hydrogens (primary N) is 5. The van der Waals surface area contributed by atoms with Gasteiger partial charge in [0.2, 0.25) is 23.6 Å². The van der Waals surface area contributed by atoms with Gasteiger partial charge in [0.05, 0.1) is 6.04 Å². The number of primary amides is 1. The third kappa shape index (κ3) is 12.7. The number of guanidine groups is 1. The number of nitrogens with zero attached hydrogens (tertiary/aromatic N) is 1. The number of amides is 4. The van der Waals surface area contributed by atoms with E-state index >= 15 is 0 Å². The summed E-state index contributed by atoms with van der Waals surface area (Å²) in [6.45, 7) is 4.25. The lowest BCUT2D eigenvalue weighted by atomic mass is 9.95. The van der Waals surface area contributed by atoms with Gasteiger partial charge in [-0.2, -0.15) is 0 Å². The van der Waals surface area contributed by atoms with Crippen LogP contribution in [0.1, 0.15) is 54.4 Å². The summed E-state index contributed by atoms with van der Waals surface area (Å²) in [5.74, 6) is -2.51. The standard InChI is InChI=1S/C32H49N9O5/c1-19-15-22(42)16-20(2)23(19)18-27(41-29(44)24(34)11-8-14-38-32(36)37)31(46)39-25(12-6-7-13-33)30(45)40-26(28(35)43)17-21-9-4-3-5-10-21/h3-5,9-10,15-16,24-27,42H,6-8,11-14,17-18,33-34H2,1-2H3,(H2,35,43)(H,39,46)(H,40,45)(H,41,44)(H4,36,37,38)/t24-,25-,26+,27-/m0/s1. The number of hydrogen-bond donors (Lipinski definition) is 9. The number of phenols is 1. The predicted octanol–water partition coefficient (Wildman–Crippen LogP) is -0.756. The molecule has 4 atom stereocenters. The van der Waals surface area contributed by atoms with E-state index in [1.165, 1.54) is 0 Å². The van der Waals surface area contributed by atoms with Crippen molar-refractivity contribution in [1.82, 2.24) is 16.0 Å². The summed E-state index contributed by atoms with van der Waals surface area (Å²) in [5.41, 5.74) is 31.1. The molecule has 0 unspecified atom stereocenters. The highest BCUT2D eigenvalue weighted by Crippen LogP contribution is 2.22. The highest BCUT2D eigenvalue weighted by molar-refractivity contribution is 5.94. The van der Waals surface area contributed by atoms with E-state index in [1.807, 2.05) is 30.3 Å². The van der Waals surface area contributed by atoms with Crippen molar-refractivity contribution < 1.29 is 24.3 Å². The molecule has 0 aromatic heterocycles. The zero-order valence-corrected chi connectivity index (χ0v) is 26.6. The normalized spacial score (nSPS) is 13.5. The summed E-state index contributed by atoms with van der Waals surface area (Å²) < 4.78 is 0. The Morgan fingerprint density at radius 2 is 1.37 bits per heavy atom. The average Bonchev–Trinajstić information content (AvgIpc) is 2.99. The molecule has 46 heavy (non-hydrogen) atoms. The van der Waals surface area contributed by atoms with Crippen molar-refractivity contribution in [2.75, 3.05) is 13.1 Å². The minimum absolute atomic E-state index is 0.0608. The van der Waals surface area contributed by atoms with Gasteiger partial charge in [-0.3, -0.25) is 24.2 Å². The molecule has 0 aliphatic rings. The van der Waals surface area contributed by atoms with E-state index in [4.69, 9.17) is 28.7 Å². The van der Waals surface area contributed by atoms with E-state index in [9.17, 15) is 24.3 Å². The number of benzene rings is 2. The first-order valence-corrected chi connectivity index (χ1v) is 15.4. The molecule has 0 aliphatic carbocycles. The topological polar surface area (TPSA) is 267 Å². The van der Waals surface area contributed by atoms with E-state index in [0.717, 1.165) is 11.1 Å². The Hall–Kier alpha value is -4.69. The molecule has 0 radical (unpaired) electrons. The minimum atomic E-state index is -1.13. The zero-order valence-electron chi connectivity index (χ0n) is 26.6. The molecule has 0 spiro atoms. The lowest BCUT2D eigenvalue weighted by molar-refractivity contribution is -0.133. The molecule has 0 saturated carbocycles. The van der Waals surface area contributed by atoms with Gasteiger partial charge in [0, 0.05) is 19.4 Å². The van der Waals surface area contributed by atoms with Crippen LogP contribution in [-0.2, 0) is 32.0 Å². The van der Waals surface area contributed by atoms with Crippen LogP contribution in [0.3, 0.4) is 0 Å². The summed E-state index contributed by atoms with van der Waals surface area (Å²) in [6, 6.07) is 8.07. The lowest BCUT2D eigenvalue weighted by Crippen LogP contribution is -2.58. The summed E-state index contributed by atoms with van der Waals surface area (Å²) in [5, 5.41) is 18.2. The number of unbranched alkanes of at least 4 members (excludes halogenated alkanes) is 1. The molecule has 0 fully saturated rings. The van der Waals surface area contributed by atoms with Gasteiger partial charge >= 0.3 is 0 Å². The number of nitrogens with one attached hydrogen (secondary N) is 3. The van der Waals surface area contributed by atoms with E-state index in [2.05, 4.69) is 20.9 Å². The van der Waals surface area contributed by atoms with Crippen LogP contribution in [0, 0.1) is 13.8 Å². The van der Waals surface area contributed by atoms with Crippen LogP contribution in [-0.4, -0.2) is 72.0 Å². The molecule has 2 aromatic carbocycles. The third-order valence-corrected chi connectivity index (χ3v) is 7.55. The SMILES string of the molecule is Cc1cc(O)cc(C)c1C[C@H](NC(=O)[C@@H](N)CCCN=C(N)N)C(=O)N[C@@H](CCCCN)C(=O)N[C@H](Cc1ccccc1)C(N)=O. The van der Waals surface area contributed by atoms with Crippen molar-refractivity contribution in [2.24, 2.45) is 33.7 Å². The van der Waals surface area contributed by atoms with Gasteiger partial charge in [-0.15, -0.1) is 0 Å². The van der Waals surface area contributed by atoms with Crippen molar-refractivity contribution in [2.45, 2.75) is 83.0 Å². The Morgan fingerprint density at radius 1 is 0.783 bits per heavy atom. The molecule has 0 bridgehead atoms. The maximum atomic E-state index is 13.8. The molecule has 14 N–H and O–H groups in total. The number of aryl methyl sites for hydroxylation is 2. The number of carbonyl (C=O) groups excluding carboxylic acids is 4. The van der Waals surface area contributed by atoms with Crippen LogP contribution in [0.4, 0.5) is 0 Å². The van der Waals surface area contributed by atoms with Gasteiger partial charge in [-0.05, 0) is 86.9 Å². The molecule has 0 aliphatic heterocycles. The quantitative estimate of drug-likeness (QED) is 0.0530. The summed E-state index contributed by atoms with van der Waals surface area (Å²) in [7, 11) is 0. The van der Waals surface area contributed by atoms with Crippen molar-refractivity contribution >= 4 is 29.6 Å². The molecular weight excluding hydrogens is 590 g/mol. The molecule has 2 aromatic rings. The van der Waals surface area contributed by atoms with Crippen LogP contribution in [0.25, 0.3) is 0 Å². The average molecular weight is 640 g/mol. The Balaban J connectivity index is 2.30. The molecule has 4 amide bonds. The molecule has 252 valence electrons. The fourth-order valence-corrected chi connectivity index (χ4v) is 5.01. The van der Waals surface area contributed by atoms with E-state index in [-0.39, 0.29) is 43.9 Å². The highest BCUT2D eigenvalue weighted by atomic mass is 16.3. The van der Waals surface area contributed by atoms with Gasteiger partial charge in [0.15, 0.2) is 5.96 Å². The second kappa shape index (κ2) is 19.0. The zero-order chi connectivity index (χ0) is 34.2. The third-order valence-electron chi connectivity index (χ3n) is 7.55. The Labute approximate surface area is 269 Å². The Morgan fingerprint density at radius 3 is 1.96 bits per heavy atom. The van der Waals surface area contributed by atoms with Crippen molar-refractivity contribution in [3.8, 4) is 5.75 Å². The van der Waals surface area contributed by atoms with Crippen molar-refractivity contribution in [3.63, 3.8) is 0 Å². The molecular formula is C32H49N9O5. The first-order valence-electron chi connectivity index (χ1n) is 15.4. The number of hydrogen-bond acceptors (Lipinski definition) is 8. The smallest absolute Gasteiger partial charge is 0.243 e. The summed E-state index contributed by atoms with van der Waals surface area (Å²) >= 11 is 0. The summed E-state index contributed by atoms with van der Waals surface area (Å²) in [6.07, 6.45) is 2.27. The fraction of sp³-hybridized carbons (Fsp3) is 0.469. The van der Waals surface area contributed by atoms with Crippen LogP contribution in [0.2, 0.25) is 0 Å². The second-order valence-corrected chi connectivity index (χ2v) is 11.4. The molecule has 14 heteroatoms. The number of aliphatic imine (C=N–C) groups is 1. The van der Waals surface area contributed by atoms with Crippen molar-refractivity contribution in [3.05, 3.63) is 64.7 Å².